The minimum atomic E-state index is 0.328. The van der Waals surface area contributed by atoms with Crippen LogP contribution in [0.25, 0.3) is 0 Å². The zero-order valence-corrected chi connectivity index (χ0v) is 11.5. The number of carbonyl (C=O) groups excluding carboxylic acids is 1. The number of hydrogen-bond donors (Lipinski definition) is 1. The number of nitrogens with one attached hydrogen (secondary N) is 1. The Morgan fingerprint density at radius 1 is 1.06 bits per heavy atom. The first-order valence-corrected chi connectivity index (χ1v) is 7.15. The highest BCUT2D eigenvalue weighted by molar-refractivity contribution is 5.76. The Kier molecular flexibility index (Phi) is 5.41. The van der Waals surface area contributed by atoms with Gasteiger partial charge in [-0.25, -0.2) is 0 Å². The quantitative estimate of drug-likeness (QED) is 0.733. The summed E-state index contributed by atoms with van der Waals surface area (Å²) in [7, 11) is 2.18. The predicted octanol–water partition coefficient (Wildman–Crippen LogP) is -0.554. The van der Waals surface area contributed by atoms with Crippen molar-refractivity contribution in [3.63, 3.8) is 0 Å². The van der Waals surface area contributed by atoms with Crippen LogP contribution in [-0.4, -0.2) is 86.6 Å². The van der Waals surface area contributed by atoms with Crippen molar-refractivity contribution in [1.82, 2.24) is 20.0 Å². The van der Waals surface area contributed by atoms with E-state index in [2.05, 4.69) is 22.2 Å². The first-order valence-electron chi connectivity index (χ1n) is 7.15. The van der Waals surface area contributed by atoms with Gasteiger partial charge in [-0.05, 0) is 26.6 Å². The number of amides is 1. The van der Waals surface area contributed by atoms with Crippen LogP contribution in [-0.2, 0) is 4.79 Å². The number of nitrogens with zero attached hydrogens (tertiary/aromatic N) is 3. The summed E-state index contributed by atoms with van der Waals surface area (Å²) in [5.41, 5.74) is 0. The van der Waals surface area contributed by atoms with Gasteiger partial charge in [-0.1, -0.05) is 0 Å². The molecule has 18 heavy (non-hydrogen) atoms. The van der Waals surface area contributed by atoms with Gasteiger partial charge in [0.05, 0.1) is 0 Å². The molecule has 104 valence electrons. The molecule has 0 aromatic rings. The van der Waals surface area contributed by atoms with E-state index in [1.54, 1.807) is 0 Å². The van der Waals surface area contributed by atoms with Crippen LogP contribution < -0.4 is 5.32 Å². The summed E-state index contributed by atoms with van der Waals surface area (Å²) in [4.78, 5) is 18.9. The van der Waals surface area contributed by atoms with E-state index in [4.69, 9.17) is 0 Å². The lowest BCUT2D eigenvalue weighted by Crippen LogP contribution is -2.47. The third-order valence-corrected chi connectivity index (χ3v) is 3.92. The molecule has 5 nitrogen and oxygen atoms in total. The average Bonchev–Trinajstić information content (AvgIpc) is 2.62. The molecule has 2 saturated heterocycles. The first kappa shape index (κ1) is 13.8. The average molecular weight is 254 g/mol. The SMILES string of the molecule is CN1CCCN(CCC(=O)N2CCNCC2)CC1. The van der Waals surface area contributed by atoms with Gasteiger partial charge in [0.2, 0.25) is 5.91 Å². The Labute approximate surface area is 110 Å². The van der Waals surface area contributed by atoms with Crippen molar-refractivity contribution in [2.75, 3.05) is 66.0 Å². The van der Waals surface area contributed by atoms with Crippen molar-refractivity contribution < 1.29 is 4.79 Å². The van der Waals surface area contributed by atoms with Crippen LogP contribution in [0.3, 0.4) is 0 Å². The molecule has 0 saturated carbocycles. The maximum Gasteiger partial charge on any atom is 0.223 e. The number of rotatable bonds is 3. The molecule has 2 aliphatic heterocycles. The molecule has 0 aromatic carbocycles. The third-order valence-electron chi connectivity index (χ3n) is 3.92. The Hall–Kier alpha value is -0.650. The standard InChI is InChI=1S/C13H26N4O/c1-15-6-2-7-16(12-11-15)8-3-13(18)17-9-4-14-5-10-17/h14H,2-12H2,1H3. The third kappa shape index (κ3) is 4.23. The van der Waals surface area contributed by atoms with Crippen LogP contribution in [0.15, 0.2) is 0 Å². The zero-order valence-electron chi connectivity index (χ0n) is 11.5. The van der Waals surface area contributed by atoms with E-state index in [-0.39, 0.29) is 0 Å². The number of hydrogen-bond acceptors (Lipinski definition) is 4. The summed E-state index contributed by atoms with van der Waals surface area (Å²) >= 11 is 0. The summed E-state index contributed by atoms with van der Waals surface area (Å²) in [6.07, 6.45) is 1.90. The van der Waals surface area contributed by atoms with E-state index < -0.39 is 0 Å². The molecule has 0 spiro atoms. The van der Waals surface area contributed by atoms with Gasteiger partial charge < -0.3 is 20.0 Å². The summed E-state index contributed by atoms with van der Waals surface area (Å²) in [5.74, 6) is 0.328. The monoisotopic (exact) mass is 254 g/mol. The Morgan fingerprint density at radius 2 is 1.83 bits per heavy atom. The lowest BCUT2D eigenvalue weighted by Gasteiger charge is -2.28. The molecule has 0 radical (unpaired) electrons. The normalized spacial score (nSPS) is 23.9. The van der Waals surface area contributed by atoms with E-state index in [0.717, 1.165) is 52.4 Å². The van der Waals surface area contributed by atoms with E-state index in [1.807, 2.05) is 4.90 Å². The van der Waals surface area contributed by atoms with Gasteiger partial charge in [0.25, 0.3) is 0 Å². The second kappa shape index (κ2) is 7.07. The van der Waals surface area contributed by atoms with E-state index in [1.165, 1.54) is 13.0 Å². The maximum absolute atomic E-state index is 12.1. The molecule has 0 aliphatic carbocycles. The molecule has 2 fully saturated rings. The molecule has 2 heterocycles. The Morgan fingerprint density at radius 3 is 2.61 bits per heavy atom. The van der Waals surface area contributed by atoms with Crippen LogP contribution in [0.1, 0.15) is 12.8 Å². The van der Waals surface area contributed by atoms with Gasteiger partial charge in [-0.2, -0.15) is 0 Å². The van der Waals surface area contributed by atoms with Crippen molar-refractivity contribution in [3.8, 4) is 0 Å². The molecule has 1 amide bonds. The van der Waals surface area contributed by atoms with Gasteiger partial charge in [0.1, 0.15) is 0 Å². The van der Waals surface area contributed by atoms with Crippen molar-refractivity contribution in [2.45, 2.75) is 12.8 Å². The Balaban J connectivity index is 1.68. The van der Waals surface area contributed by atoms with E-state index >= 15 is 0 Å². The van der Waals surface area contributed by atoms with Crippen molar-refractivity contribution in [2.24, 2.45) is 0 Å². The molecule has 0 atom stereocenters. The van der Waals surface area contributed by atoms with Gasteiger partial charge in [0.15, 0.2) is 0 Å². The van der Waals surface area contributed by atoms with E-state index in [0.29, 0.717) is 12.3 Å². The first-order chi connectivity index (χ1) is 8.75. The molecule has 5 heteroatoms. The maximum atomic E-state index is 12.1. The number of likely N-dealkylation sites (N-methyl/N-ethyl adjacent to an activating group) is 1. The smallest absolute Gasteiger partial charge is 0.223 e. The molecule has 0 bridgehead atoms. The lowest BCUT2D eigenvalue weighted by atomic mass is 10.3. The minimum absolute atomic E-state index is 0.328. The minimum Gasteiger partial charge on any atom is -0.340 e. The van der Waals surface area contributed by atoms with Gasteiger partial charge in [-0.15, -0.1) is 0 Å². The van der Waals surface area contributed by atoms with Crippen molar-refractivity contribution >= 4 is 5.91 Å². The van der Waals surface area contributed by atoms with Gasteiger partial charge in [-0.3, -0.25) is 4.79 Å². The molecular weight excluding hydrogens is 228 g/mol. The summed E-state index contributed by atoms with van der Waals surface area (Å²) in [6.45, 7) is 9.12. The van der Waals surface area contributed by atoms with Crippen molar-refractivity contribution in [3.05, 3.63) is 0 Å². The van der Waals surface area contributed by atoms with Gasteiger partial charge in [0, 0.05) is 52.2 Å². The van der Waals surface area contributed by atoms with Crippen molar-refractivity contribution in [1.29, 1.82) is 0 Å². The Bertz CT molecular complexity index is 266. The summed E-state index contributed by atoms with van der Waals surface area (Å²) < 4.78 is 0. The summed E-state index contributed by atoms with van der Waals surface area (Å²) in [6, 6.07) is 0. The van der Waals surface area contributed by atoms with E-state index in [9.17, 15) is 4.79 Å². The molecule has 0 aromatic heterocycles. The number of piperazine rings is 1. The second-order valence-electron chi connectivity index (χ2n) is 5.38. The highest BCUT2D eigenvalue weighted by atomic mass is 16.2. The lowest BCUT2D eigenvalue weighted by molar-refractivity contribution is -0.132. The fraction of sp³-hybridized carbons (Fsp3) is 0.923. The van der Waals surface area contributed by atoms with Crippen LogP contribution in [0.5, 0.6) is 0 Å². The number of carbonyl (C=O) groups is 1. The zero-order chi connectivity index (χ0) is 12.8. The highest BCUT2D eigenvalue weighted by Crippen LogP contribution is 2.04. The summed E-state index contributed by atoms with van der Waals surface area (Å²) in [5, 5.41) is 3.28. The molecular formula is C13H26N4O. The topological polar surface area (TPSA) is 38.8 Å². The van der Waals surface area contributed by atoms with Crippen LogP contribution in [0.4, 0.5) is 0 Å². The molecule has 2 aliphatic rings. The fourth-order valence-corrected chi connectivity index (χ4v) is 2.65. The molecule has 1 N–H and O–H groups in total. The van der Waals surface area contributed by atoms with Gasteiger partial charge >= 0.3 is 0 Å². The highest BCUT2D eigenvalue weighted by Gasteiger charge is 2.18. The predicted molar refractivity (Wildman–Crippen MR) is 72.6 cm³/mol. The molecule has 0 unspecified atom stereocenters. The second-order valence-corrected chi connectivity index (χ2v) is 5.38. The largest absolute Gasteiger partial charge is 0.340 e. The van der Waals surface area contributed by atoms with Crippen LogP contribution in [0, 0.1) is 0 Å². The fourth-order valence-electron chi connectivity index (χ4n) is 2.65. The molecule has 2 rings (SSSR count). The van der Waals surface area contributed by atoms with Crippen LogP contribution >= 0.6 is 0 Å². The van der Waals surface area contributed by atoms with Crippen LogP contribution in [0.2, 0.25) is 0 Å².